The zero-order valence-electron chi connectivity index (χ0n) is 12.3. The van der Waals surface area contributed by atoms with Gasteiger partial charge in [-0.05, 0) is 31.9 Å². The molecule has 1 saturated heterocycles. The summed E-state index contributed by atoms with van der Waals surface area (Å²) in [6, 6.07) is 6.18. The van der Waals surface area contributed by atoms with E-state index in [1.54, 1.807) is 12.1 Å². The van der Waals surface area contributed by atoms with Crippen molar-refractivity contribution in [3.05, 3.63) is 24.3 Å². The molecule has 0 spiro atoms. The molecular formula is C15H20F2N2O3. The molecule has 1 aliphatic heterocycles. The van der Waals surface area contributed by atoms with Gasteiger partial charge in [-0.3, -0.25) is 9.69 Å². The Labute approximate surface area is 127 Å². The first-order valence-electron chi connectivity index (χ1n) is 7.21. The van der Waals surface area contributed by atoms with Crippen LogP contribution in [0.1, 0.15) is 19.8 Å². The zero-order valence-corrected chi connectivity index (χ0v) is 12.3. The van der Waals surface area contributed by atoms with Gasteiger partial charge in [0.05, 0.1) is 18.3 Å². The number of amides is 1. The maximum atomic E-state index is 12.3. The van der Waals surface area contributed by atoms with Crippen LogP contribution in [0.3, 0.4) is 0 Å². The lowest BCUT2D eigenvalue weighted by atomic mass is 10.0. The van der Waals surface area contributed by atoms with Crippen LogP contribution in [0.4, 0.5) is 14.5 Å². The Hall–Kier alpha value is -1.73. The second-order valence-corrected chi connectivity index (χ2v) is 5.42. The average molecular weight is 314 g/mol. The second kappa shape index (κ2) is 7.51. The summed E-state index contributed by atoms with van der Waals surface area (Å²) >= 11 is 0. The van der Waals surface area contributed by atoms with Gasteiger partial charge in [0.15, 0.2) is 0 Å². The topological polar surface area (TPSA) is 61.8 Å². The van der Waals surface area contributed by atoms with Gasteiger partial charge in [0.25, 0.3) is 0 Å². The Bertz CT molecular complexity index is 513. The molecular weight excluding hydrogens is 294 g/mol. The molecule has 7 heteroatoms. The Morgan fingerprint density at radius 2 is 2.23 bits per heavy atom. The Morgan fingerprint density at radius 1 is 1.50 bits per heavy atom. The lowest BCUT2D eigenvalue weighted by molar-refractivity contribution is -0.118. The number of aliphatic hydroxyl groups is 1. The molecule has 0 unspecified atom stereocenters. The number of nitrogens with zero attached hydrogens (tertiary/aromatic N) is 1. The van der Waals surface area contributed by atoms with Crippen LogP contribution in [0, 0.1) is 0 Å². The third-order valence-corrected chi connectivity index (χ3v) is 3.71. The maximum Gasteiger partial charge on any atom is 0.387 e. The summed E-state index contributed by atoms with van der Waals surface area (Å²) in [5, 5.41) is 12.2. The maximum absolute atomic E-state index is 12.3. The Kier molecular flexibility index (Phi) is 5.68. The lowest BCUT2D eigenvalue weighted by Crippen LogP contribution is -2.46. The molecule has 1 heterocycles. The molecule has 0 aliphatic carbocycles. The molecule has 1 aromatic rings. The highest BCUT2D eigenvalue weighted by atomic mass is 19.3. The van der Waals surface area contributed by atoms with Crippen molar-refractivity contribution in [1.82, 2.24) is 4.90 Å². The molecule has 5 nitrogen and oxygen atoms in total. The minimum Gasteiger partial charge on any atom is -0.433 e. The highest BCUT2D eigenvalue weighted by Gasteiger charge is 2.25. The quantitative estimate of drug-likeness (QED) is 0.873. The number of hydrogen-bond donors (Lipinski definition) is 2. The summed E-state index contributed by atoms with van der Waals surface area (Å²) in [5.41, 5.74) is 0.220. The number of nitrogens with one attached hydrogen (secondary N) is 1. The van der Waals surface area contributed by atoms with E-state index in [9.17, 15) is 18.7 Å². The van der Waals surface area contributed by atoms with Crippen LogP contribution in [0.2, 0.25) is 0 Å². The van der Waals surface area contributed by atoms with Crippen LogP contribution < -0.4 is 10.1 Å². The van der Waals surface area contributed by atoms with Crippen LogP contribution in [0.15, 0.2) is 24.3 Å². The van der Waals surface area contributed by atoms with E-state index in [2.05, 4.69) is 10.1 Å². The first kappa shape index (κ1) is 16.6. The molecule has 2 atom stereocenters. The van der Waals surface area contributed by atoms with E-state index in [0.717, 1.165) is 0 Å². The number of hydrogen-bond acceptors (Lipinski definition) is 4. The predicted octanol–water partition coefficient (Wildman–Crippen LogP) is 2.07. The normalized spacial score (nSPS) is 22.6. The minimum atomic E-state index is -2.94. The number of rotatable bonds is 5. The number of ether oxygens (including phenoxy) is 1. The van der Waals surface area contributed by atoms with E-state index in [1.165, 1.54) is 12.1 Å². The number of carbonyl (C=O) groups excluding carboxylic acids is 1. The van der Waals surface area contributed by atoms with Crippen LogP contribution in [-0.4, -0.2) is 47.8 Å². The van der Waals surface area contributed by atoms with E-state index in [1.807, 2.05) is 11.8 Å². The number of likely N-dealkylation sites (tertiary alicyclic amines) is 1. The smallest absolute Gasteiger partial charge is 0.387 e. The fraction of sp³-hybridized carbons (Fsp3) is 0.533. The van der Waals surface area contributed by atoms with Crippen molar-refractivity contribution in [2.75, 3.05) is 18.4 Å². The van der Waals surface area contributed by atoms with E-state index in [-0.39, 0.29) is 36.0 Å². The summed E-state index contributed by atoms with van der Waals surface area (Å²) in [5.74, 6) is -0.360. The molecule has 0 saturated carbocycles. The molecule has 122 valence electrons. The van der Waals surface area contributed by atoms with Crippen molar-refractivity contribution in [1.29, 1.82) is 0 Å². The summed E-state index contributed by atoms with van der Waals surface area (Å²) in [4.78, 5) is 14.0. The van der Waals surface area contributed by atoms with Gasteiger partial charge in [-0.15, -0.1) is 0 Å². The predicted molar refractivity (Wildman–Crippen MR) is 78.0 cm³/mol. The number of benzene rings is 1. The van der Waals surface area contributed by atoms with Crippen molar-refractivity contribution in [3.8, 4) is 5.75 Å². The van der Waals surface area contributed by atoms with Gasteiger partial charge in [-0.1, -0.05) is 12.1 Å². The largest absolute Gasteiger partial charge is 0.433 e. The van der Waals surface area contributed by atoms with Crippen LogP contribution in [0.5, 0.6) is 5.75 Å². The molecule has 0 aromatic heterocycles. The highest BCUT2D eigenvalue weighted by molar-refractivity contribution is 5.93. The Morgan fingerprint density at radius 3 is 2.91 bits per heavy atom. The third kappa shape index (κ3) is 4.64. The van der Waals surface area contributed by atoms with Crippen LogP contribution >= 0.6 is 0 Å². The van der Waals surface area contributed by atoms with Gasteiger partial charge < -0.3 is 15.2 Å². The number of carbonyl (C=O) groups is 1. The number of halogens is 2. The molecule has 1 fully saturated rings. The Balaban J connectivity index is 1.95. The van der Waals surface area contributed by atoms with Crippen molar-refractivity contribution in [2.24, 2.45) is 0 Å². The van der Waals surface area contributed by atoms with E-state index >= 15 is 0 Å². The molecule has 0 bridgehead atoms. The van der Waals surface area contributed by atoms with Crippen LogP contribution in [-0.2, 0) is 4.79 Å². The van der Waals surface area contributed by atoms with E-state index in [0.29, 0.717) is 19.4 Å². The van der Waals surface area contributed by atoms with Crippen molar-refractivity contribution < 1.29 is 23.4 Å². The van der Waals surface area contributed by atoms with Crippen molar-refractivity contribution in [3.63, 3.8) is 0 Å². The molecule has 1 aliphatic rings. The number of aliphatic hydroxyl groups excluding tert-OH is 1. The van der Waals surface area contributed by atoms with E-state index < -0.39 is 6.61 Å². The molecule has 0 radical (unpaired) electrons. The monoisotopic (exact) mass is 314 g/mol. The lowest BCUT2D eigenvalue weighted by Gasteiger charge is -2.35. The molecule has 2 rings (SSSR count). The first-order chi connectivity index (χ1) is 10.5. The number of piperidine rings is 1. The van der Waals surface area contributed by atoms with Gasteiger partial charge in [0.2, 0.25) is 5.91 Å². The minimum absolute atomic E-state index is 0.0621. The summed E-state index contributed by atoms with van der Waals surface area (Å²) in [6.45, 7) is -0.215. The summed E-state index contributed by atoms with van der Waals surface area (Å²) in [7, 11) is 0. The van der Waals surface area contributed by atoms with E-state index in [4.69, 9.17) is 0 Å². The fourth-order valence-electron chi connectivity index (χ4n) is 2.57. The standard InChI is InChI=1S/C15H20F2N2O3/c1-10-8-11(20)6-7-19(10)9-14(21)18-12-4-2-3-5-13(12)22-15(16)17/h2-5,10-11,15,20H,6-9H2,1H3,(H,18,21)/t10-,11-/m0/s1. The first-order valence-corrected chi connectivity index (χ1v) is 7.21. The molecule has 1 aromatic carbocycles. The SMILES string of the molecule is C[C@H]1C[C@@H](O)CCN1CC(=O)Nc1ccccc1OC(F)F. The zero-order chi connectivity index (χ0) is 16.1. The number of alkyl halides is 2. The summed E-state index contributed by atoms with van der Waals surface area (Å²) < 4.78 is 29.0. The van der Waals surface area contributed by atoms with Crippen molar-refractivity contribution in [2.45, 2.75) is 38.5 Å². The van der Waals surface area contributed by atoms with Gasteiger partial charge in [-0.2, -0.15) is 8.78 Å². The summed E-state index contributed by atoms with van der Waals surface area (Å²) in [6.07, 6.45) is 0.926. The fourth-order valence-corrected chi connectivity index (χ4v) is 2.57. The number of para-hydroxylation sites is 2. The number of anilines is 1. The third-order valence-electron chi connectivity index (χ3n) is 3.71. The molecule has 1 amide bonds. The molecule has 22 heavy (non-hydrogen) atoms. The van der Waals surface area contributed by atoms with Gasteiger partial charge in [-0.25, -0.2) is 0 Å². The van der Waals surface area contributed by atoms with Crippen molar-refractivity contribution >= 4 is 11.6 Å². The molecule has 2 N–H and O–H groups in total. The average Bonchev–Trinajstić information content (AvgIpc) is 2.43. The van der Waals surface area contributed by atoms with Gasteiger partial charge in [0, 0.05) is 12.6 Å². The van der Waals surface area contributed by atoms with Gasteiger partial charge >= 0.3 is 6.61 Å². The van der Waals surface area contributed by atoms with Gasteiger partial charge in [0.1, 0.15) is 5.75 Å². The van der Waals surface area contributed by atoms with Crippen LogP contribution in [0.25, 0.3) is 0 Å². The highest BCUT2D eigenvalue weighted by Crippen LogP contribution is 2.25. The second-order valence-electron chi connectivity index (χ2n) is 5.42.